The third-order valence-corrected chi connectivity index (χ3v) is 2.44. The van der Waals surface area contributed by atoms with Gasteiger partial charge >= 0.3 is 5.69 Å². The number of nitro benzene ring substituents is 1. The van der Waals surface area contributed by atoms with E-state index in [9.17, 15) is 10.1 Å². The summed E-state index contributed by atoms with van der Waals surface area (Å²) in [6.07, 6.45) is 0.942. The molecule has 0 aliphatic carbocycles. The van der Waals surface area contributed by atoms with Crippen LogP contribution in [0, 0.1) is 10.1 Å². The van der Waals surface area contributed by atoms with Crippen LogP contribution in [0.3, 0.4) is 0 Å². The Morgan fingerprint density at radius 1 is 1.32 bits per heavy atom. The summed E-state index contributed by atoms with van der Waals surface area (Å²) in [4.78, 5) is 10.5. The van der Waals surface area contributed by atoms with Gasteiger partial charge in [-0.1, -0.05) is 13.0 Å². The van der Waals surface area contributed by atoms with Crippen LogP contribution in [0.1, 0.15) is 18.9 Å². The van der Waals surface area contributed by atoms with Crippen molar-refractivity contribution in [1.29, 1.82) is 0 Å². The second-order valence-corrected chi connectivity index (χ2v) is 4.05. The maximum absolute atomic E-state index is 10.9. The van der Waals surface area contributed by atoms with Gasteiger partial charge < -0.3 is 14.8 Å². The van der Waals surface area contributed by atoms with E-state index in [2.05, 4.69) is 5.32 Å². The number of nitrogens with one attached hydrogen (secondary N) is 1. The normalized spacial score (nSPS) is 10.4. The predicted octanol–water partition coefficient (Wildman–Crippen LogP) is 2.12. The Hall–Kier alpha value is -1.66. The molecule has 6 heteroatoms. The summed E-state index contributed by atoms with van der Waals surface area (Å²) in [5.74, 6) is 0.290. The zero-order chi connectivity index (χ0) is 14.1. The fourth-order valence-electron chi connectivity index (χ4n) is 1.60. The highest BCUT2D eigenvalue weighted by Gasteiger charge is 2.15. The monoisotopic (exact) mass is 268 g/mol. The van der Waals surface area contributed by atoms with Gasteiger partial charge in [0.1, 0.15) is 6.61 Å². The average Bonchev–Trinajstić information content (AvgIpc) is 2.39. The minimum atomic E-state index is -0.439. The number of nitrogens with zero attached hydrogens (tertiary/aromatic N) is 1. The van der Waals surface area contributed by atoms with Crippen molar-refractivity contribution in [1.82, 2.24) is 5.32 Å². The van der Waals surface area contributed by atoms with Crippen molar-refractivity contribution >= 4 is 5.69 Å². The molecule has 0 radical (unpaired) electrons. The summed E-state index contributed by atoms with van der Waals surface area (Å²) in [6, 6.07) is 4.87. The summed E-state index contributed by atoms with van der Waals surface area (Å²) in [5.41, 5.74) is 0.924. The van der Waals surface area contributed by atoms with E-state index in [4.69, 9.17) is 9.47 Å². The molecule has 0 spiro atoms. The average molecular weight is 268 g/mol. The lowest BCUT2D eigenvalue weighted by Gasteiger charge is -2.09. The van der Waals surface area contributed by atoms with Gasteiger partial charge in [-0.2, -0.15) is 0 Å². The minimum absolute atomic E-state index is 0.0182. The zero-order valence-electron chi connectivity index (χ0n) is 11.3. The van der Waals surface area contributed by atoms with Gasteiger partial charge in [-0.3, -0.25) is 10.1 Å². The van der Waals surface area contributed by atoms with Crippen LogP contribution in [0.25, 0.3) is 0 Å². The summed E-state index contributed by atoms with van der Waals surface area (Å²) >= 11 is 0. The lowest BCUT2D eigenvalue weighted by atomic mass is 10.2. The molecule has 0 aliphatic heterocycles. The Morgan fingerprint density at radius 3 is 2.74 bits per heavy atom. The molecule has 0 amide bonds. The van der Waals surface area contributed by atoms with E-state index in [0.717, 1.165) is 12.0 Å². The maximum atomic E-state index is 10.9. The van der Waals surface area contributed by atoms with E-state index in [0.29, 0.717) is 26.4 Å². The summed E-state index contributed by atoms with van der Waals surface area (Å²) in [7, 11) is 1.82. The van der Waals surface area contributed by atoms with Gasteiger partial charge in [-0.25, -0.2) is 0 Å². The van der Waals surface area contributed by atoms with Gasteiger partial charge in [0.2, 0.25) is 0 Å². The fourth-order valence-corrected chi connectivity index (χ4v) is 1.60. The van der Waals surface area contributed by atoms with Crippen LogP contribution in [-0.2, 0) is 11.3 Å². The maximum Gasteiger partial charge on any atom is 0.310 e. The molecule has 1 aromatic carbocycles. The molecule has 6 nitrogen and oxygen atoms in total. The molecular weight excluding hydrogens is 248 g/mol. The van der Waals surface area contributed by atoms with Crippen LogP contribution >= 0.6 is 0 Å². The van der Waals surface area contributed by atoms with Crippen LogP contribution in [-0.4, -0.2) is 31.8 Å². The van der Waals surface area contributed by atoms with E-state index < -0.39 is 4.92 Å². The quantitative estimate of drug-likeness (QED) is 0.422. The third kappa shape index (κ3) is 5.23. The largest absolute Gasteiger partial charge is 0.484 e. The fraction of sp³-hybridized carbons (Fsp3) is 0.538. The topological polar surface area (TPSA) is 73.6 Å². The molecule has 0 saturated heterocycles. The predicted molar refractivity (Wildman–Crippen MR) is 72.5 cm³/mol. The Labute approximate surface area is 112 Å². The molecule has 0 bridgehead atoms. The number of rotatable bonds is 9. The number of nitro groups is 1. The standard InChI is InChI=1S/C13H20N2O4/c1-3-6-18-7-8-19-13-9-11(10-14-2)4-5-12(13)15(16)17/h4-5,9,14H,3,6-8,10H2,1-2H3. The van der Waals surface area contributed by atoms with Crippen LogP contribution in [0.4, 0.5) is 5.69 Å². The van der Waals surface area contributed by atoms with Crippen LogP contribution in [0.2, 0.25) is 0 Å². The number of hydrogen-bond acceptors (Lipinski definition) is 5. The Bertz CT molecular complexity index is 410. The van der Waals surface area contributed by atoms with Gasteiger partial charge in [0.05, 0.1) is 11.5 Å². The molecule has 0 saturated carbocycles. The summed E-state index contributed by atoms with van der Waals surface area (Å²) in [6.45, 7) is 4.07. The number of hydrogen-bond donors (Lipinski definition) is 1. The SMILES string of the molecule is CCCOCCOc1cc(CNC)ccc1[N+](=O)[O-]. The molecule has 0 unspecified atom stereocenters. The molecular formula is C13H20N2O4. The first kappa shape index (κ1) is 15.4. The van der Waals surface area contributed by atoms with E-state index >= 15 is 0 Å². The van der Waals surface area contributed by atoms with Crippen molar-refractivity contribution in [3.8, 4) is 5.75 Å². The molecule has 1 N–H and O–H groups in total. The minimum Gasteiger partial charge on any atom is -0.484 e. The Kier molecular flexibility index (Phi) is 6.84. The molecule has 19 heavy (non-hydrogen) atoms. The highest BCUT2D eigenvalue weighted by atomic mass is 16.6. The summed E-state index contributed by atoms with van der Waals surface area (Å²) < 4.78 is 10.7. The molecule has 0 aromatic heterocycles. The van der Waals surface area contributed by atoms with Crippen molar-refractivity contribution in [2.45, 2.75) is 19.9 Å². The number of ether oxygens (including phenoxy) is 2. The number of benzene rings is 1. The Balaban J connectivity index is 2.66. The summed E-state index contributed by atoms with van der Waals surface area (Å²) in [5, 5.41) is 13.9. The van der Waals surface area contributed by atoms with Crippen LogP contribution < -0.4 is 10.1 Å². The van der Waals surface area contributed by atoms with E-state index in [1.54, 1.807) is 12.1 Å². The molecule has 1 aromatic rings. The van der Waals surface area contributed by atoms with Crippen molar-refractivity contribution in [2.24, 2.45) is 0 Å². The molecule has 0 atom stereocenters. The third-order valence-electron chi connectivity index (χ3n) is 2.44. The van der Waals surface area contributed by atoms with Gasteiger partial charge in [0.15, 0.2) is 5.75 Å². The highest BCUT2D eigenvalue weighted by Crippen LogP contribution is 2.27. The first-order valence-corrected chi connectivity index (χ1v) is 6.31. The lowest BCUT2D eigenvalue weighted by molar-refractivity contribution is -0.385. The first-order chi connectivity index (χ1) is 9.19. The van der Waals surface area contributed by atoms with Crippen molar-refractivity contribution in [2.75, 3.05) is 26.9 Å². The van der Waals surface area contributed by atoms with Crippen LogP contribution in [0.5, 0.6) is 5.75 Å². The first-order valence-electron chi connectivity index (χ1n) is 6.31. The smallest absolute Gasteiger partial charge is 0.310 e. The van der Waals surface area contributed by atoms with Crippen molar-refractivity contribution in [3.05, 3.63) is 33.9 Å². The van der Waals surface area contributed by atoms with E-state index in [1.807, 2.05) is 14.0 Å². The highest BCUT2D eigenvalue weighted by molar-refractivity contribution is 5.48. The van der Waals surface area contributed by atoms with Crippen molar-refractivity contribution in [3.63, 3.8) is 0 Å². The lowest BCUT2D eigenvalue weighted by Crippen LogP contribution is -2.09. The van der Waals surface area contributed by atoms with E-state index in [-0.39, 0.29) is 11.4 Å². The van der Waals surface area contributed by atoms with Gasteiger partial charge in [0.25, 0.3) is 0 Å². The second kappa shape index (κ2) is 8.44. The van der Waals surface area contributed by atoms with E-state index in [1.165, 1.54) is 6.07 Å². The molecule has 106 valence electrons. The van der Waals surface area contributed by atoms with Gasteiger partial charge in [-0.15, -0.1) is 0 Å². The second-order valence-electron chi connectivity index (χ2n) is 4.05. The molecule has 0 heterocycles. The Morgan fingerprint density at radius 2 is 2.11 bits per heavy atom. The molecule has 0 aliphatic rings. The molecule has 1 rings (SSSR count). The van der Waals surface area contributed by atoms with Gasteiger partial charge in [0, 0.05) is 19.2 Å². The molecule has 0 fully saturated rings. The van der Waals surface area contributed by atoms with Crippen molar-refractivity contribution < 1.29 is 14.4 Å². The van der Waals surface area contributed by atoms with Crippen LogP contribution in [0.15, 0.2) is 18.2 Å². The van der Waals surface area contributed by atoms with Gasteiger partial charge in [-0.05, 0) is 25.1 Å². The zero-order valence-corrected chi connectivity index (χ0v) is 11.3.